The molecule has 1 rings (SSSR count). The van der Waals surface area contributed by atoms with Gasteiger partial charge in [-0.1, -0.05) is 22.0 Å². The van der Waals surface area contributed by atoms with E-state index >= 15 is 0 Å². The molecule has 0 saturated carbocycles. The number of carbonyl (C=O) groups is 1. The summed E-state index contributed by atoms with van der Waals surface area (Å²) in [6, 6.07) is 3.78. The molecule has 0 N–H and O–H groups in total. The van der Waals surface area contributed by atoms with E-state index in [-0.39, 0.29) is 10.9 Å². The van der Waals surface area contributed by atoms with Crippen LogP contribution in [0.25, 0.3) is 0 Å². The summed E-state index contributed by atoms with van der Waals surface area (Å²) < 4.78 is 43.1. The summed E-state index contributed by atoms with van der Waals surface area (Å²) >= 11 is 2.99. The Balaban J connectivity index is 3.67. The molecule has 0 bridgehead atoms. The second-order valence-corrected chi connectivity index (χ2v) is 3.82. The molecule has 1 aromatic rings. The number of ether oxygens (including phenoxy) is 1. The minimum Gasteiger partial charge on any atom is -0.465 e. The van der Waals surface area contributed by atoms with Crippen LogP contribution in [0, 0.1) is 11.3 Å². The smallest absolute Gasteiger partial charge is 0.418 e. The molecule has 7 heteroatoms. The highest BCUT2D eigenvalue weighted by molar-refractivity contribution is 9.08. The van der Waals surface area contributed by atoms with Gasteiger partial charge in [0.15, 0.2) is 0 Å². The van der Waals surface area contributed by atoms with Crippen LogP contribution in [0.15, 0.2) is 12.1 Å². The van der Waals surface area contributed by atoms with Gasteiger partial charge in [-0.2, -0.15) is 18.4 Å². The van der Waals surface area contributed by atoms with Gasteiger partial charge in [0.05, 0.1) is 23.8 Å². The van der Waals surface area contributed by atoms with Crippen molar-refractivity contribution in [2.24, 2.45) is 0 Å². The molecule has 0 aliphatic carbocycles. The van der Waals surface area contributed by atoms with Crippen LogP contribution >= 0.6 is 15.9 Å². The van der Waals surface area contributed by atoms with E-state index in [9.17, 15) is 18.0 Å². The topological polar surface area (TPSA) is 50.1 Å². The van der Waals surface area contributed by atoms with Gasteiger partial charge in [-0.3, -0.25) is 0 Å². The summed E-state index contributed by atoms with van der Waals surface area (Å²) in [4.78, 5) is 11.3. The summed E-state index contributed by atoms with van der Waals surface area (Å²) in [6.07, 6.45) is -4.80. The maximum absolute atomic E-state index is 12.9. The van der Waals surface area contributed by atoms with E-state index in [4.69, 9.17) is 5.26 Å². The number of hydrogen-bond acceptors (Lipinski definition) is 3. The zero-order valence-corrected chi connectivity index (χ0v) is 10.7. The van der Waals surface area contributed by atoms with Crippen molar-refractivity contribution in [3.8, 4) is 6.07 Å². The molecule has 0 atom stereocenters. The second-order valence-electron chi connectivity index (χ2n) is 3.26. The van der Waals surface area contributed by atoms with Crippen molar-refractivity contribution < 1.29 is 22.7 Å². The van der Waals surface area contributed by atoms with Crippen molar-refractivity contribution in [2.75, 3.05) is 7.11 Å². The molecular formula is C11H7BrF3NO2. The molecule has 0 aromatic heterocycles. The number of hydrogen-bond donors (Lipinski definition) is 0. The van der Waals surface area contributed by atoms with Crippen molar-refractivity contribution >= 4 is 21.9 Å². The maximum Gasteiger partial charge on any atom is 0.418 e. The molecule has 96 valence electrons. The number of alkyl halides is 4. The molecule has 0 radical (unpaired) electrons. The van der Waals surface area contributed by atoms with E-state index in [1.54, 1.807) is 0 Å². The number of methoxy groups -OCH3 is 1. The van der Waals surface area contributed by atoms with Gasteiger partial charge in [0.2, 0.25) is 0 Å². The number of nitriles is 1. The number of halogens is 4. The SMILES string of the molecule is COC(=O)c1ccc(CBr)c(C#N)c1C(F)(F)F. The fraction of sp³-hybridized carbons (Fsp3) is 0.273. The summed E-state index contributed by atoms with van der Waals surface area (Å²) in [5.74, 6) is -1.13. The van der Waals surface area contributed by atoms with Crippen molar-refractivity contribution in [3.63, 3.8) is 0 Å². The van der Waals surface area contributed by atoms with Gasteiger partial charge in [0.25, 0.3) is 0 Å². The molecule has 0 heterocycles. The first-order valence-electron chi connectivity index (χ1n) is 4.64. The molecule has 0 fully saturated rings. The Morgan fingerprint density at radius 2 is 2.11 bits per heavy atom. The predicted octanol–water partition coefficient (Wildman–Crippen LogP) is 3.26. The standard InChI is InChI=1S/C11H7BrF3NO2/c1-18-10(17)7-3-2-6(4-12)8(5-16)9(7)11(13,14)15/h2-3H,4H2,1H3. The fourth-order valence-electron chi connectivity index (χ4n) is 1.46. The second kappa shape index (κ2) is 5.40. The van der Waals surface area contributed by atoms with Crippen LogP contribution in [0.4, 0.5) is 13.2 Å². The van der Waals surface area contributed by atoms with Gasteiger partial charge in [0, 0.05) is 5.33 Å². The van der Waals surface area contributed by atoms with Crippen LogP contribution in [-0.2, 0) is 16.2 Å². The minimum atomic E-state index is -4.80. The highest BCUT2D eigenvalue weighted by Crippen LogP contribution is 2.36. The van der Waals surface area contributed by atoms with Crippen molar-refractivity contribution in [1.29, 1.82) is 5.26 Å². The Hall–Kier alpha value is -1.55. The third-order valence-electron chi connectivity index (χ3n) is 2.24. The zero-order chi connectivity index (χ0) is 13.9. The summed E-state index contributed by atoms with van der Waals surface area (Å²) in [6.45, 7) is 0. The highest BCUT2D eigenvalue weighted by atomic mass is 79.9. The minimum absolute atomic E-state index is 0.0838. The molecule has 0 aliphatic rings. The van der Waals surface area contributed by atoms with Crippen LogP contribution in [0.5, 0.6) is 0 Å². The molecule has 0 amide bonds. The van der Waals surface area contributed by atoms with Gasteiger partial charge < -0.3 is 4.74 Å². The van der Waals surface area contributed by atoms with Crippen molar-refractivity contribution in [2.45, 2.75) is 11.5 Å². The lowest BCUT2D eigenvalue weighted by atomic mass is 9.97. The average molecular weight is 322 g/mol. The van der Waals surface area contributed by atoms with Gasteiger partial charge in [-0.15, -0.1) is 0 Å². The zero-order valence-electron chi connectivity index (χ0n) is 9.14. The third-order valence-corrected chi connectivity index (χ3v) is 2.84. The molecule has 1 aromatic carbocycles. The van der Waals surface area contributed by atoms with Gasteiger partial charge in [0.1, 0.15) is 6.07 Å². The fourth-order valence-corrected chi connectivity index (χ4v) is 1.93. The molecule has 0 aliphatic heterocycles. The molecule has 0 spiro atoms. The molecule has 0 unspecified atom stereocenters. The van der Waals surface area contributed by atoms with E-state index in [1.807, 2.05) is 0 Å². The normalized spacial score (nSPS) is 10.9. The van der Waals surface area contributed by atoms with Gasteiger partial charge >= 0.3 is 12.1 Å². The molecule has 18 heavy (non-hydrogen) atoms. The van der Waals surface area contributed by atoms with Crippen LogP contribution in [-0.4, -0.2) is 13.1 Å². The monoisotopic (exact) mass is 321 g/mol. The summed E-state index contributed by atoms with van der Waals surface area (Å²) in [5, 5.41) is 8.93. The number of carbonyl (C=O) groups excluding carboxylic acids is 1. The first-order valence-corrected chi connectivity index (χ1v) is 5.76. The summed E-state index contributed by atoms with van der Waals surface area (Å²) in [5.41, 5.74) is -2.32. The van der Waals surface area contributed by atoms with Crippen LogP contribution in [0.1, 0.15) is 27.0 Å². The summed E-state index contributed by atoms with van der Waals surface area (Å²) in [7, 11) is 0.979. The van der Waals surface area contributed by atoms with Crippen LogP contribution in [0.3, 0.4) is 0 Å². The van der Waals surface area contributed by atoms with Gasteiger partial charge in [-0.05, 0) is 11.6 Å². The van der Waals surface area contributed by atoms with E-state index in [2.05, 4.69) is 20.7 Å². The largest absolute Gasteiger partial charge is 0.465 e. The van der Waals surface area contributed by atoms with Crippen LogP contribution < -0.4 is 0 Å². The lowest BCUT2D eigenvalue weighted by Crippen LogP contribution is -2.17. The Kier molecular flexibility index (Phi) is 4.35. The van der Waals surface area contributed by atoms with Crippen LogP contribution in [0.2, 0.25) is 0 Å². The van der Waals surface area contributed by atoms with E-state index in [0.29, 0.717) is 0 Å². The first kappa shape index (κ1) is 14.5. The molecule has 3 nitrogen and oxygen atoms in total. The molecule has 0 saturated heterocycles. The highest BCUT2D eigenvalue weighted by Gasteiger charge is 2.39. The predicted molar refractivity (Wildman–Crippen MR) is 60.1 cm³/mol. The number of esters is 1. The molecular weight excluding hydrogens is 315 g/mol. The number of nitrogens with zero attached hydrogens (tertiary/aromatic N) is 1. The van der Waals surface area contributed by atoms with E-state index < -0.39 is 28.8 Å². The third kappa shape index (κ3) is 2.64. The Bertz CT molecular complexity index is 520. The van der Waals surface area contributed by atoms with Crippen molar-refractivity contribution in [1.82, 2.24) is 0 Å². The van der Waals surface area contributed by atoms with Crippen molar-refractivity contribution in [3.05, 3.63) is 34.4 Å². The number of rotatable bonds is 2. The first-order chi connectivity index (χ1) is 8.36. The number of benzene rings is 1. The average Bonchev–Trinajstić information content (AvgIpc) is 2.34. The van der Waals surface area contributed by atoms with Gasteiger partial charge in [-0.25, -0.2) is 4.79 Å². The van der Waals surface area contributed by atoms with E-state index in [1.165, 1.54) is 12.1 Å². The lowest BCUT2D eigenvalue weighted by molar-refractivity contribution is -0.138. The Morgan fingerprint density at radius 3 is 2.50 bits per heavy atom. The van der Waals surface area contributed by atoms with E-state index in [0.717, 1.165) is 13.2 Å². The lowest BCUT2D eigenvalue weighted by Gasteiger charge is -2.15. The quantitative estimate of drug-likeness (QED) is 0.620. The Labute approximate surface area is 109 Å². The maximum atomic E-state index is 12.9. The Morgan fingerprint density at radius 1 is 1.50 bits per heavy atom.